The number of anilines is 1. The van der Waals surface area contributed by atoms with Crippen LogP contribution >= 0.6 is 0 Å². The number of benzene rings is 3. The maximum Gasteiger partial charge on any atom is 0.175 e. The van der Waals surface area contributed by atoms with Crippen LogP contribution in [0.25, 0.3) is 21.8 Å². The lowest BCUT2D eigenvalue weighted by Crippen LogP contribution is -2.27. The van der Waals surface area contributed by atoms with Gasteiger partial charge in [-0.05, 0) is 30.7 Å². The molecule has 0 amide bonds. The number of hydrogen-bond donors (Lipinski definition) is 1. The lowest BCUT2D eigenvalue weighted by Gasteiger charge is -2.23. The van der Waals surface area contributed by atoms with Crippen LogP contribution in [0.3, 0.4) is 0 Å². The largest absolute Gasteiger partial charge is 0.359 e. The monoisotopic (exact) mass is 398 g/mol. The highest BCUT2D eigenvalue weighted by Crippen LogP contribution is 2.33. The summed E-state index contributed by atoms with van der Waals surface area (Å²) in [7, 11) is 0. The van der Waals surface area contributed by atoms with E-state index in [0.717, 1.165) is 29.6 Å². The van der Waals surface area contributed by atoms with Crippen molar-refractivity contribution in [1.82, 2.24) is 4.57 Å². The van der Waals surface area contributed by atoms with Crippen LogP contribution in [-0.2, 0) is 4.79 Å². The molecule has 0 saturated heterocycles. The molecule has 1 unspecified atom stereocenters. The minimum Gasteiger partial charge on any atom is -0.359 e. The highest BCUT2D eigenvalue weighted by molar-refractivity contribution is 6.09. The fraction of sp³-hybridized carbons (Fsp3) is 0.296. The fourth-order valence-electron chi connectivity index (χ4n) is 4.25. The first kappa shape index (κ1) is 20.2. The number of ketones is 1. The van der Waals surface area contributed by atoms with Crippen LogP contribution in [0, 0.1) is 0 Å². The number of fused-ring (bicyclic) bond motifs is 3. The Morgan fingerprint density at radius 3 is 1.97 bits per heavy atom. The molecule has 4 rings (SSSR count). The van der Waals surface area contributed by atoms with E-state index in [2.05, 4.69) is 53.2 Å². The Morgan fingerprint density at radius 1 is 0.767 bits per heavy atom. The average Bonchev–Trinajstić information content (AvgIpc) is 3.12. The van der Waals surface area contributed by atoms with Crippen molar-refractivity contribution in [3.8, 4) is 0 Å². The number of nitrogens with one attached hydrogen (secondary N) is 1. The van der Waals surface area contributed by atoms with Crippen LogP contribution in [0.1, 0.15) is 51.6 Å². The summed E-state index contributed by atoms with van der Waals surface area (Å²) in [4.78, 5) is 13.5. The molecule has 30 heavy (non-hydrogen) atoms. The van der Waals surface area contributed by atoms with Crippen molar-refractivity contribution in [2.45, 2.75) is 51.6 Å². The maximum absolute atomic E-state index is 13.5. The minimum absolute atomic E-state index is 0.238. The number of nitrogens with zero attached hydrogens (tertiary/aromatic N) is 1. The summed E-state index contributed by atoms with van der Waals surface area (Å²) >= 11 is 0. The van der Waals surface area contributed by atoms with E-state index in [0.29, 0.717) is 6.42 Å². The van der Waals surface area contributed by atoms with Crippen molar-refractivity contribution in [2.75, 3.05) is 5.32 Å². The normalized spacial score (nSPS) is 12.3. The standard InChI is InChI=1S/C27H30N2O/c1-2-3-4-5-9-20-26(30)27(28-21-14-7-6-8-15-21)29-24-18-12-10-16-22(24)23-17-11-13-19-25(23)29/h6-8,10-19,27-28H,2-5,9,20H2,1H3. The van der Waals surface area contributed by atoms with E-state index in [1.807, 2.05) is 42.5 Å². The Bertz CT molecular complexity index is 1060. The quantitative estimate of drug-likeness (QED) is 0.284. The second kappa shape index (κ2) is 9.62. The Hall–Kier alpha value is -3.07. The van der Waals surface area contributed by atoms with E-state index in [9.17, 15) is 4.79 Å². The zero-order chi connectivity index (χ0) is 20.8. The molecular formula is C27H30N2O. The van der Waals surface area contributed by atoms with Gasteiger partial charge >= 0.3 is 0 Å². The van der Waals surface area contributed by atoms with Crippen molar-refractivity contribution >= 4 is 33.3 Å². The van der Waals surface area contributed by atoms with E-state index < -0.39 is 6.17 Å². The number of Topliss-reactive ketones (excluding diaryl/α,β-unsaturated/α-hetero) is 1. The lowest BCUT2D eigenvalue weighted by atomic mass is 10.1. The maximum atomic E-state index is 13.5. The Kier molecular flexibility index (Phi) is 6.48. The molecule has 1 N–H and O–H groups in total. The molecule has 0 aliphatic rings. The van der Waals surface area contributed by atoms with Gasteiger partial charge in [0.1, 0.15) is 0 Å². The summed E-state index contributed by atoms with van der Waals surface area (Å²) in [6.45, 7) is 2.22. The number of carbonyl (C=O) groups excluding carboxylic acids is 1. The van der Waals surface area contributed by atoms with Crippen molar-refractivity contribution in [1.29, 1.82) is 0 Å². The fourth-order valence-corrected chi connectivity index (χ4v) is 4.25. The van der Waals surface area contributed by atoms with Crippen LogP contribution in [0.4, 0.5) is 5.69 Å². The van der Waals surface area contributed by atoms with Crippen LogP contribution in [0.15, 0.2) is 78.9 Å². The van der Waals surface area contributed by atoms with Crippen molar-refractivity contribution in [2.24, 2.45) is 0 Å². The molecule has 0 fully saturated rings. The second-order valence-electron chi connectivity index (χ2n) is 7.95. The predicted octanol–water partition coefficient (Wildman–Crippen LogP) is 7.33. The Labute approximate surface area is 178 Å². The number of para-hydroxylation sites is 3. The number of rotatable bonds is 10. The first-order chi connectivity index (χ1) is 14.8. The summed E-state index contributed by atoms with van der Waals surface area (Å²) in [5.41, 5.74) is 3.14. The van der Waals surface area contributed by atoms with Gasteiger partial charge in [-0.1, -0.05) is 87.2 Å². The number of aromatic nitrogens is 1. The van der Waals surface area contributed by atoms with Gasteiger partial charge in [0.05, 0.1) is 11.0 Å². The molecule has 1 aromatic heterocycles. The SMILES string of the molecule is CCCCCCCC(=O)C(Nc1ccccc1)n1c2ccccc2c2ccccc21. The zero-order valence-electron chi connectivity index (χ0n) is 17.7. The number of unbranched alkanes of at least 4 members (excludes halogenated alkanes) is 4. The summed E-state index contributed by atoms with van der Waals surface area (Å²) in [6, 6.07) is 26.8. The summed E-state index contributed by atoms with van der Waals surface area (Å²) < 4.78 is 2.19. The molecule has 154 valence electrons. The molecule has 3 heteroatoms. The van der Waals surface area contributed by atoms with E-state index in [1.54, 1.807) is 0 Å². The van der Waals surface area contributed by atoms with E-state index in [1.165, 1.54) is 30.0 Å². The molecule has 0 spiro atoms. The lowest BCUT2D eigenvalue weighted by molar-refractivity contribution is -0.121. The van der Waals surface area contributed by atoms with Gasteiger partial charge < -0.3 is 9.88 Å². The van der Waals surface area contributed by atoms with Gasteiger partial charge in [-0.2, -0.15) is 0 Å². The first-order valence-corrected chi connectivity index (χ1v) is 11.1. The summed E-state index contributed by atoms with van der Waals surface area (Å²) in [5, 5.41) is 5.90. The molecule has 0 bridgehead atoms. The minimum atomic E-state index is -0.427. The molecule has 1 atom stereocenters. The highest BCUT2D eigenvalue weighted by Gasteiger charge is 2.24. The first-order valence-electron chi connectivity index (χ1n) is 11.1. The molecule has 0 aliphatic carbocycles. The van der Waals surface area contributed by atoms with Crippen LogP contribution in [0.2, 0.25) is 0 Å². The molecular weight excluding hydrogens is 368 g/mol. The van der Waals surface area contributed by atoms with Crippen LogP contribution < -0.4 is 5.32 Å². The Balaban J connectivity index is 1.73. The van der Waals surface area contributed by atoms with E-state index >= 15 is 0 Å². The topological polar surface area (TPSA) is 34.0 Å². The van der Waals surface area contributed by atoms with E-state index in [4.69, 9.17) is 0 Å². The van der Waals surface area contributed by atoms with Gasteiger partial charge in [0.2, 0.25) is 0 Å². The molecule has 4 aromatic rings. The van der Waals surface area contributed by atoms with Gasteiger partial charge in [0.25, 0.3) is 0 Å². The molecule has 3 nitrogen and oxygen atoms in total. The number of carbonyl (C=O) groups is 1. The van der Waals surface area contributed by atoms with Crippen molar-refractivity contribution in [3.05, 3.63) is 78.9 Å². The third-order valence-corrected chi connectivity index (χ3v) is 5.78. The average molecular weight is 399 g/mol. The third-order valence-electron chi connectivity index (χ3n) is 5.78. The smallest absolute Gasteiger partial charge is 0.175 e. The molecule has 3 aromatic carbocycles. The van der Waals surface area contributed by atoms with Gasteiger partial charge in [-0.25, -0.2) is 0 Å². The van der Waals surface area contributed by atoms with Gasteiger partial charge in [-0.15, -0.1) is 0 Å². The second-order valence-corrected chi connectivity index (χ2v) is 7.95. The van der Waals surface area contributed by atoms with Crippen LogP contribution in [-0.4, -0.2) is 10.4 Å². The zero-order valence-corrected chi connectivity index (χ0v) is 17.7. The summed E-state index contributed by atoms with van der Waals surface area (Å²) in [5.74, 6) is 0.238. The predicted molar refractivity (Wildman–Crippen MR) is 127 cm³/mol. The van der Waals surface area contributed by atoms with Crippen LogP contribution in [0.5, 0.6) is 0 Å². The molecule has 1 heterocycles. The van der Waals surface area contributed by atoms with Gasteiger partial charge in [-0.3, -0.25) is 4.79 Å². The molecule has 0 aliphatic heterocycles. The van der Waals surface area contributed by atoms with Crippen molar-refractivity contribution < 1.29 is 4.79 Å². The number of hydrogen-bond acceptors (Lipinski definition) is 2. The van der Waals surface area contributed by atoms with Gasteiger partial charge in [0, 0.05) is 22.9 Å². The third kappa shape index (κ3) is 4.25. The van der Waals surface area contributed by atoms with Gasteiger partial charge in [0.15, 0.2) is 11.9 Å². The molecule has 0 radical (unpaired) electrons. The van der Waals surface area contributed by atoms with E-state index in [-0.39, 0.29) is 5.78 Å². The molecule has 0 saturated carbocycles. The summed E-state index contributed by atoms with van der Waals surface area (Å²) in [6.07, 6.45) is 5.89. The van der Waals surface area contributed by atoms with Crippen molar-refractivity contribution in [3.63, 3.8) is 0 Å². The Morgan fingerprint density at radius 2 is 1.33 bits per heavy atom. The highest BCUT2D eigenvalue weighted by atomic mass is 16.1.